The fraction of sp³-hybridized carbons (Fsp3) is 0.364. The average Bonchev–Trinajstić information content (AvgIpc) is 2.29. The first-order valence-corrected chi connectivity index (χ1v) is 5.17. The summed E-state index contributed by atoms with van der Waals surface area (Å²) in [5.74, 6) is -0.909. The summed E-state index contributed by atoms with van der Waals surface area (Å²) in [4.78, 5) is 22.6. The molecular weight excluding hydrogens is 224 g/mol. The van der Waals surface area contributed by atoms with E-state index in [9.17, 15) is 14.9 Å². The van der Waals surface area contributed by atoms with Gasteiger partial charge in [0.05, 0.1) is 4.92 Å². The van der Waals surface area contributed by atoms with E-state index in [-0.39, 0.29) is 5.69 Å². The van der Waals surface area contributed by atoms with E-state index < -0.39 is 16.9 Å². The normalized spacial score (nSPS) is 11.9. The summed E-state index contributed by atoms with van der Waals surface area (Å²) >= 11 is 0. The van der Waals surface area contributed by atoms with Gasteiger partial charge in [0.25, 0.3) is 5.69 Å². The largest absolute Gasteiger partial charge is 0.480 e. The van der Waals surface area contributed by atoms with Gasteiger partial charge in [0.2, 0.25) is 0 Å². The van der Waals surface area contributed by atoms with Gasteiger partial charge >= 0.3 is 5.97 Å². The summed E-state index contributed by atoms with van der Waals surface area (Å²) in [6.07, 6.45) is 0.461. The number of rotatable bonds is 5. The Balaban J connectivity index is 2.92. The highest BCUT2D eigenvalue weighted by Crippen LogP contribution is 2.20. The molecule has 0 spiro atoms. The average molecular weight is 238 g/mol. The lowest BCUT2D eigenvalue weighted by Crippen LogP contribution is -2.37. The number of carboxylic acid groups (broad SMARTS) is 1. The van der Waals surface area contributed by atoms with Gasteiger partial charge < -0.3 is 10.0 Å². The van der Waals surface area contributed by atoms with Crippen LogP contribution in [0.4, 0.5) is 11.4 Å². The summed E-state index contributed by atoms with van der Waals surface area (Å²) in [5.41, 5.74) is 0.635. The summed E-state index contributed by atoms with van der Waals surface area (Å²) in [6, 6.07) is 5.19. The van der Waals surface area contributed by atoms with Crippen molar-refractivity contribution in [2.75, 3.05) is 11.9 Å². The Morgan fingerprint density at radius 1 is 1.47 bits per heavy atom. The molecule has 0 fully saturated rings. The van der Waals surface area contributed by atoms with Crippen molar-refractivity contribution in [2.45, 2.75) is 19.4 Å². The summed E-state index contributed by atoms with van der Waals surface area (Å²) in [5, 5.41) is 19.5. The van der Waals surface area contributed by atoms with Gasteiger partial charge in [-0.05, 0) is 18.6 Å². The van der Waals surface area contributed by atoms with Crippen LogP contribution in [0.1, 0.15) is 13.3 Å². The number of likely N-dealkylation sites (N-methyl/N-ethyl adjacent to an activating group) is 1. The predicted molar refractivity (Wildman–Crippen MR) is 63.2 cm³/mol. The van der Waals surface area contributed by atoms with Crippen LogP contribution in [-0.2, 0) is 4.79 Å². The summed E-state index contributed by atoms with van der Waals surface area (Å²) < 4.78 is 0. The van der Waals surface area contributed by atoms with E-state index in [4.69, 9.17) is 5.11 Å². The minimum atomic E-state index is -0.909. The minimum Gasteiger partial charge on any atom is -0.480 e. The van der Waals surface area contributed by atoms with Crippen LogP contribution in [0.25, 0.3) is 0 Å². The highest BCUT2D eigenvalue weighted by atomic mass is 16.6. The number of benzene rings is 1. The van der Waals surface area contributed by atoms with E-state index in [1.165, 1.54) is 12.1 Å². The molecule has 92 valence electrons. The molecule has 1 atom stereocenters. The number of carbonyl (C=O) groups is 1. The van der Waals surface area contributed by atoms with Crippen molar-refractivity contribution in [3.05, 3.63) is 34.4 Å². The first-order valence-electron chi connectivity index (χ1n) is 5.17. The molecule has 6 nitrogen and oxygen atoms in total. The Morgan fingerprint density at radius 3 is 2.35 bits per heavy atom. The number of carboxylic acids is 1. The van der Waals surface area contributed by atoms with Gasteiger partial charge in [-0.2, -0.15) is 0 Å². The van der Waals surface area contributed by atoms with Crippen molar-refractivity contribution in [1.82, 2.24) is 0 Å². The molecule has 1 unspecified atom stereocenters. The molecule has 1 aromatic rings. The summed E-state index contributed by atoms with van der Waals surface area (Å²) in [7, 11) is 1.66. The number of nitrogens with zero attached hydrogens (tertiary/aromatic N) is 2. The highest BCUT2D eigenvalue weighted by Gasteiger charge is 2.21. The molecule has 0 aromatic heterocycles. The second kappa shape index (κ2) is 5.29. The Bertz CT molecular complexity index is 416. The van der Waals surface area contributed by atoms with Gasteiger partial charge in [0, 0.05) is 24.9 Å². The fourth-order valence-electron chi connectivity index (χ4n) is 1.60. The van der Waals surface area contributed by atoms with Crippen LogP contribution in [-0.4, -0.2) is 29.1 Å². The van der Waals surface area contributed by atoms with E-state index in [2.05, 4.69) is 0 Å². The van der Waals surface area contributed by atoms with Crippen LogP contribution >= 0.6 is 0 Å². The maximum absolute atomic E-state index is 11.0. The number of hydrogen-bond acceptors (Lipinski definition) is 4. The Labute approximate surface area is 98.6 Å². The van der Waals surface area contributed by atoms with Crippen LogP contribution in [0.2, 0.25) is 0 Å². The minimum absolute atomic E-state index is 0.00877. The molecule has 0 aliphatic rings. The Morgan fingerprint density at radius 2 is 2.00 bits per heavy atom. The molecule has 6 heteroatoms. The van der Waals surface area contributed by atoms with E-state index in [0.29, 0.717) is 12.1 Å². The molecular formula is C11H14N2O4. The van der Waals surface area contributed by atoms with Gasteiger partial charge in [-0.1, -0.05) is 6.92 Å². The molecule has 1 aromatic carbocycles. The van der Waals surface area contributed by atoms with Crippen molar-refractivity contribution in [2.24, 2.45) is 0 Å². The first kappa shape index (κ1) is 13.0. The van der Waals surface area contributed by atoms with Crippen molar-refractivity contribution in [1.29, 1.82) is 0 Å². The number of anilines is 1. The number of nitro benzene ring substituents is 1. The second-order valence-corrected chi connectivity index (χ2v) is 3.65. The van der Waals surface area contributed by atoms with Gasteiger partial charge in [-0.3, -0.25) is 10.1 Å². The number of hydrogen-bond donors (Lipinski definition) is 1. The van der Waals surface area contributed by atoms with E-state index in [1.807, 2.05) is 0 Å². The fourth-order valence-corrected chi connectivity index (χ4v) is 1.60. The topological polar surface area (TPSA) is 83.7 Å². The van der Waals surface area contributed by atoms with Crippen LogP contribution in [0, 0.1) is 10.1 Å². The lowest BCUT2D eigenvalue weighted by molar-refractivity contribution is -0.384. The predicted octanol–water partition coefficient (Wildman–Crippen LogP) is 1.89. The molecule has 0 heterocycles. The molecule has 1 N–H and O–H groups in total. The third kappa shape index (κ3) is 2.93. The standard InChI is InChI=1S/C11H14N2O4/c1-3-10(11(14)15)12(2)8-4-6-9(7-5-8)13(16)17/h4-7,10H,3H2,1-2H3,(H,14,15). The van der Waals surface area contributed by atoms with Gasteiger partial charge in [-0.25, -0.2) is 4.79 Å². The molecule has 0 aliphatic heterocycles. The molecule has 0 bridgehead atoms. The molecule has 0 radical (unpaired) electrons. The van der Waals surface area contributed by atoms with E-state index in [0.717, 1.165) is 0 Å². The molecule has 17 heavy (non-hydrogen) atoms. The zero-order chi connectivity index (χ0) is 13.0. The molecule has 0 amide bonds. The Kier molecular flexibility index (Phi) is 4.03. The van der Waals surface area contributed by atoms with E-state index >= 15 is 0 Å². The van der Waals surface area contributed by atoms with Crippen LogP contribution in [0.15, 0.2) is 24.3 Å². The van der Waals surface area contributed by atoms with Crippen molar-refractivity contribution in [3.8, 4) is 0 Å². The van der Waals surface area contributed by atoms with Crippen LogP contribution in [0.3, 0.4) is 0 Å². The summed E-state index contributed by atoms with van der Waals surface area (Å²) in [6.45, 7) is 1.78. The highest BCUT2D eigenvalue weighted by molar-refractivity contribution is 5.78. The zero-order valence-electron chi connectivity index (χ0n) is 9.66. The second-order valence-electron chi connectivity index (χ2n) is 3.65. The SMILES string of the molecule is CCC(C(=O)O)N(C)c1ccc([N+](=O)[O-])cc1. The Hall–Kier alpha value is -2.11. The van der Waals surface area contributed by atoms with Gasteiger partial charge in [0.15, 0.2) is 0 Å². The third-order valence-corrected chi connectivity index (χ3v) is 2.61. The smallest absolute Gasteiger partial charge is 0.326 e. The quantitative estimate of drug-likeness (QED) is 0.625. The number of non-ortho nitro benzene ring substituents is 1. The maximum atomic E-state index is 11.0. The van der Waals surface area contributed by atoms with Crippen molar-refractivity contribution in [3.63, 3.8) is 0 Å². The van der Waals surface area contributed by atoms with Crippen LogP contribution < -0.4 is 4.90 Å². The lowest BCUT2D eigenvalue weighted by Gasteiger charge is -2.25. The molecule has 0 saturated carbocycles. The number of nitro groups is 1. The molecule has 0 saturated heterocycles. The van der Waals surface area contributed by atoms with Crippen LogP contribution in [0.5, 0.6) is 0 Å². The third-order valence-electron chi connectivity index (χ3n) is 2.61. The first-order chi connectivity index (χ1) is 7.97. The zero-order valence-corrected chi connectivity index (χ0v) is 9.66. The van der Waals surface area contributed by atoms with Crippen molar-refractivity contribution >= 4 is 17.3 Å². The van der Waals surface area contributed by atoms with Crippen molar-refractivity contribution < 1.29 is 14.8 Å². The maximum Gasteiger partial charge on any atom is 0.326 e. The monoisotopic (exact) mass is 238 g/mol. The van der Waals surface area contributed by atoms with Gasteiger partial charge in [-0.15, -0.1) is 0 Å². The van der Waals surface area contributed by atoms with Gasteiger partial charge in [0.1, 0.15) is 6.04 Å². The van der Waals surface area contributed by atoms with E-state index in [1.54, 1.807) is 31.0 Å². The lowest BCUT2D eigenvalue weighted by atomic mass is 10.1. The molecule has 0 aliphatic carbocycles. The number of aliphatic carboxylic acids is 1. The molecule has 1 rings (SSSR count).